The Morgan fingerprint density at radius 3 is 2.21 bits per heavy atom. The zero-order valence-electron chi connectivity index (χ0n) is 15.9. The number of ether oxygens (including phenoxy) is 2. The van der Waals surface area contributed by atoms with Crippen LogP contribution < -0.4 is 4.74 Å². The lowest BCUT2D eigenvalue weighted by molar-refractivity contribution is -0.138. The molecule has 148 valence electrons. The molecule has 29 heavy (non-hydrogen) atoms. The van der Waals surface area contributed by atoms with Crippen molar-refractivity contribution in [1.82, 2.24) is 0 Å². The molecule has 0 N–H and O–H groups in total. The van der Waals surface area contributed by atoms with Crippen molar-refractivity contribution in [1.29, 1.82) is 0 Å². The summed E-state index contributed by atoms with van der Waals surface area (Å²) < 4.78 is 11.0. The van der Waals surface area contributed by atoms with Crippen molar-refractivity contribution in [3.05, 3.63) is 105 Å². The quantitative estimate of drug-likeness (QED) is 0.313. The van der Waals surface area contributed by atoms with Crippen molar-refractivity contribution < 1.29 is 14.3 Å². The number of halogens is 2. The van der Waals surface area contributed by atoms with Crippen LogP contribution >= 0.6 is 23.2 Å². The average molecular weight is 427 g/mol. The normalized spacial score (nSPS) is 10.9. The Bertz CT molecular complexity index is 973. The first kappa shape index (κ1) is 21.0. The highest BCUT2D eigenvalue weighted by atomic mass is 35.5. The first-order valence-corrected chi connectivity index (χ1v) is 9.83. The third-order valence-electron chi connectivity index (χ3n) is 4.24. The second-order valence-electron chi connectivity index (χ2n) is 6.48. The van der Waals surface area contributed by atoms with Gasteiger partial charge in [-0.05, 0) is 48.4 Å². The fourth-order valence-electron chi connectivity index (χ4n) is 2.55. The molecular formula is C24H20Cl2O3. The van der Waals surface area contributed by atoms with E-state index in [1.165, 1.54) is 11.6 Å². The minimum Gasteiger partial charge on any atom is -0.489 e. The smallest absolute Gasteiger partial charge is 0.331 e. The Kier molecular flexibility index (Phi) is 7.34. The van der Waals surface area contributed by atoms with Crippen LogP contribution in [0.3, 0.4) is 0 Å². The maximum absolute atomic E-state index is 11.9. The molecule has 3 aromatic carbocycles. The Labute approximate surface area is 180 Å². The Hall–Kier alpha value is -2.75. The second-order valence-corrected chi connectivity index (χ2v) is 7.30. The first-order chi connectivity index (χ1) is 14.0. The molecule has 0 bridgehead atoms. The van der Waals surface area contributed by atoms with Crippen LogP contribution in [0.2, 0.25) is 10.0 Å². The van der Waals surface area contributed by atoms with Gasteiger partial charge in [-0.25, -0.2) is 4.79 Å². The summed E-state index contributed by atoms with van der Waals surface area (Å²) in [5.74, 6) is 0.291. The highest BCUT2D eigenvalue weighted by molar-refractivity contribution is 6.35. The van der Waals surface area contributed by atoms with E-state index in [2.05, 4.69) is 0 Å². The van der Waals surface area contributed by atoms with Crippen LogP contribution in [-0.4, -0.2) is 5.97 Å². The Balaban J connectivity index is 1.50. The molecule has 0 aliphatic rings. The SMILES string of the molecule is Cc1ccc(COC(=O)C=Cc2ccc(OCc3c(Cl)cccc3Cl)cc2)cc1. The highest BCUT2D eigenvalue weighted by Crippen LogP contribution is 2.26. The van der Waals surface area contributed by atoms with E-state index >= 15 is 0 Å². The summed E-state index contributed by atoms with van der Waals surface area (Å²) in [6.45, 7) is 2.54. The molecule has 0 atom stereocenters. The zero-order chi connectivity index (χ0) is 20.6. The van der Waals surface area contributed by atoms with Gasteiger partial charge in [0.2, 0.25) is 0 Å². The number of carbonyl (C=O) groups excluding carboxylic acids is 1. The van der Waals surface area contributed by atoms with Crippen molar-refractivity contribution in [2.75, 3.05) is 0 Å². The molecule has 3 aromatic rings. The molecular weight excluding hydrogens is 407 g/mol. The summed E-state index contributed by atoms with van der Waals surface area (Å²) in [6, 6.07) is 20.6. The van der Waals surface area contributed by atoms with Gasteiger partial charge in [-0.1, -0.05) is 71.2 Å². The van der Waals surface area contributed by atoms with Crippen LogP contribution in [0.5, 0.6) is 5.75 Å². The van der Waals surface area contributed by atoms with Gasteiger partial charge in [-0.2, -0.15) is 0 Å². The van der Waals surface area contributed by atoms with E-state index in [9.17, 15) is 4.79 Å². The molecule has 0 unspecified atom stereocenters. The van der Waals surface area contributed by atoms with Gasteiger partial charge in [-0.3, -0.25) is 0 Å². The standard InChI is InChI=1S/C24H20Cl2O3/c1-17-5-7-19(8-6-17)15-29-24(27)14-11-18-9-12-20(13-10-18)28-16-21-22(25)3-2-4-23(21)26/h2-14H,15-16H2,1H3. The van der Waals surface area contributed by atoms with Gasteiger partial charge in [0.15, 0.2) is 0 Å². The van der Waals surface area contributed by atoms with Gasteiger partial charge < -0.3 is 9.47 Å². The third-order valence-corrected chi connectivity index (χ3v) is 4.95. The first-order valence-electron chi connectivity index (χ1n) is 9.07. The molecule has 0 aliphatic carbocycles. The molecule has 0 radical (unpaired) electrons. The number of hydrogen-bond acceptors (Lipinski definition) is 3. The van der Waals surface area contributed by atoms with Crippen molar-refractivity contribution in [3.63, 3.8) is 0 Å². The van der Waals surface area contributed by atoms with Gasteiger partial charge in [0.1, 0.15) is 19.0 Å². The molecule has 0 fully saturated rings. The summed E-state index contributed by atoms with van der Waals surface area (Å²) in [5.41, 5.74) is 3.73. The number of hydrogen-bond donors (Lipinski definition) is 0. The summed E-state index contributed by atoms with van der Waals surface area (Å²) >= 11 is 12.3. The van der Waals surface area contributed by atoms with Crippen molar-refractivity contribution in [2.24, 2.45) is 0 Å². The molecule has 0 aromatic heterocycles. The van der Waals surface area contributed by atoms with Crippen LogP contribution in [-0.2, 0) is 22.7 Å². The molecule has 0 heterocycles. The fraction of sp³-hybridized carbons (Fsp3) is 0.125. The van der Waals surface area contributed by atoms with Gasteiger partial charge in [0.05, 0.1) is 0 Å². The lowest BCUT2D eigenvalue weighted by atomic mass is 10.2. The predicted octanol–water partition coefficient (Wildman–Crippen LogP) is 6.64. The summed E-state index contributed by atoms with van der Waals surface area (Å²) in [7, 11) is 0. The van der Waals surface area contributed by atoms with Crippen molar-refractivity contribution >= 4 is 35.2 Å². The van der Waals surface area contributed by atoms with E-state index < -0.39 is 0 Å². The number of benzene rings is 3. The molecule has 0 aliphatic heterocycles. The number of carbonyl (C=O) groups is 1. The lowest BCUT2D eigenvalue weighted by Crippen LogP contribution is -2.00. The summed E-state index contributed by atoms with van der Waals surface area (Å²) in [5, 5.41) is 1.14. The van der Waals surface area contributed by atoms with Crippen LogP contribution in [0.15, 0.2) is 72.8 Å². The topological polar surface area (TPSA) is 35.5 Å². The van der Waals surface area contributed by atoms with Crippen molar-refractivity contribution in [2.45, 2.75) is 20.1 Å². The van der Waals surface area contributed by atoms with Gasteiger partial charge in [-0.15, -0.1) is 0 Å². The van der Waals surface area contributed by atoms with Gasteiger partial charge in [0, 0.05) is 21.7 Å². The monoisotopic (exact) mass is 426 g/mol. The van der Waals surface area contributed by atoms with E-state index in [1.807, 2.05) is 55.5 Å². The van der Waals surface area contributed by atoms with E-state index in [1.54, 1.807) is 24.3 Å². The minimum absolute atomic E-state index is 0.251. The summed E-state index contributed by atoms with van der Waals surface area (Å²) in [4.78, 5) is 11.9. The van der Waals surface area contributed by atoms with E-state index in [0.717, 1.165) is 16.7 Å². The van der Waals surface area contributed by atoms with Crippen LogP contribution in [0, 0.1) is 6.92 Å². The maximum Gasteiger partial charge on any atom is 0.331 e. The second kappa shape index (κ2) is 10.1. The summed E-state index contributed by atoms with van der Waals surface area (Å²) in [6.07, 6.45) is 3.11. The Morgan fingerprint density at radius 2 is 1.55 bits per heavy atom. The van der Waals surface area contributed by atoms with Crippen LogP contribution in [0.1, 0.15) is 22.3 Å². The number of esters is 1. The minimum atomic E-state index is -0.390. The Morgan fingerprint density at radius 1 is 0.897 bits per heavy atom. The lowest BCUT2D eigenvalue weighted by Gasteiger charge is -2.09. The molecule has 0 spiro atoms. The van der Waals surface area contributed by atoms with Gasteiger partial charge in [0.25, 0.3) is 0 Å². The predicted molar refractivity (Wildman–Crippen MR) is 117 cm³/mol. The van der Waals surface area contributed by atoms with Crippen LogP contribution in [0.4, 0.5) is 0 Å². The number of aryl methyl sites for hydroxylation is 1. The molecule has 3 nitrogen and oxygen atoms in total. The largest absolute Gasteiger partial charge is 0.489 e. The average Bonchev–Trinajstić information content (AvgIpc) is 2.72. The van der Waals surface area contributed by atoms with E-state index in [4.69, 9.17) is 32.7 Å². The zero-order valence-corrected chi connectivity index (χ0v) is 17.4. The third kappa shape index (κ3) is 6.38. The molecule has 5 heteroatoms. The van der Waals surface area contributed by atoms with Crippen molar-refractivity contribution in [3.8, 4) is 5.75 Å². The maximum atomic E-state index is 11.9. The molecule has 0 saturated heterocycles. The molecule has 0 saturated carbocycles. The van der Waals surface area contributed by atoms with E-state index in [-0.39, 0.29) is 19.2 Å². The van der Waals surface area contributed by atoms with Gasteiger partial charge >= 0.3 is 5.97 Å². The molecule has 0 amide bonds. The van der Waals surface area contributed by atoms with Crippen LogP contribution in [0.25, 0.3) is 6.08 Å². The molecule has 3 rings (SSSR count). The number of rotatable bonds is 7. The highest BCUT2D eigenvalue weighted by Gasteiger charge is 2.06. The fourth-order valence-corrected chi connectivity index (χ4v) is 3.06. The van der Waals surface area contributed by atoms with E-state index in [0.29, 0.717) is 15.8 Å².